The fourth-order valence-corrected chi connectivity index (χ4v) is 4.73. The van der Waals surface area contributed by atoms with Crippen LogP contribution in [0.5, 0.6) is 0 Å². The fraction of sp³-hybridized carbons (Fsp3) is 0.111. The first-order valence-electron chi connectivity index (χ1n) is 11.1. The molecule has 0 bridgehead atoms. The van der Waals surface area contributed by atoms with Crippen molar-refractivity contribution in [2.24, 2.45) is 0 Å². The lowest BCUT2D eigenvalue weighted by atomic mass is 10.0. The van der Waals surface area contributed by atoms with Crippen LogP contribution >= 0.6 is 12.2 Å². The number of rotatable bonds is 6. The Hall–Kier alpha value is -4.50. The van der Waals surface area contributed by atoms with Crippen molar-refractivity contribution in [2.45, 2.75) is 19.0 Å². The van der Waals surface area contributed by atoms with Crippen molar-refractivity contribution >= 4 is 35.0 Å². The monoisotopic (exact) mass is 499 g/mol. The normalized spacial score (nSPS) is 17.1. The molecule has 36 heavy (non-hydrogen) atoms. The standard InChI is InChI=1S/C27H21N3O5S/c1-15-5-4-6-19(11-15)30-24(23(29-27(30)36)20-7-2-3-10-28-20)22-9-8-21(35-22)16-12-17(25(31)32)14-18(13-16)26(33)34/h2-14,23-24H,1H3,(H,29,36)(H,31,32)(H,33,34)/t23-,24-/m1/s1. The molecule has 4 aromatic rings. The van der Waals surface area contributed by atoms with Gasteiger partial charge in [0.1, 0.15) is 17.6 Å². The summed E-state index contributed by atoms with van der Waals surface area (Å²) in [6.45, 7) is 2.00. The van der Waals surface area contributed by atoms with Gasteiger partial charge in [0.25, 0.3) is 0 Å². The molecule has 1 aliphatic heterocycles. The minimum absolute atomic E-state index is 0.140. The van der Waals surface area contributed by atoms with Crippen molar-refractivity contribution < 1.29 is 24.2 Å². The summed E-state index contributed by atoms with van der Waals surface area (Å²) in [5.74, 6) is -1.54. The second kappa shape index (κ2) is 9.27. The molecule has 2 aromatic carbocycles. The van der Waals surface area contributed by atoms with Crippen LogP contribution in [0.15, 0.2) is 83.4 Å². The van der Waals surface area contributed by atoms with Crippen LogP contribution in [0.3, 0.4) is 0 Å². The van der Waals surface area contributed by atoms with Gasteiger partial charge in [0.05, 0.1) is 22.9 Å². The molecule has 1 aliphatic rings. The Bertz CT molecular complexity index is 1450. The van der Waals surface area contributed by atoms with Crippen molar-refractivity contribution in [3.05, 3.63) is 107 Å². The zero-order valence-corrected chi connectivity index (χ0v) is 19.9. The Balaban J connectivity index is 1.62. The quantitative estimate of drug-likeness (QED) is 0.307. The summed E-state index contributed by atoms with van der Waals surface area (Å²) in [5.41, 5.74) is 2.80. The number of carboxylic acids is 2. The van der Waals surface area contributed by atoms with Crippen LogP contribution < -0.4 is 10.2 Å². The van der Waals surface area contributed by atoms with E-state index in [0.29, 0.717) is 22.2 Å². The molecule has 0 aliphatic carbocycles. The highest BCUT2D eigenvalue weighted by Crippen LogP contribution is 2.43. The van der Waals surface area contributed by atoms with Crippen molar-refractivity contribution in [3.8, 4) is 11.3 Å². The molecule has 9 heteroatoms. The molecule has 0 amide bonds. The summed E-state index contributed by atoms with van der Waals surface area (Å²) in [6.07, 6.45) is 1.71. The van der Waals surface area contributed by atoms with Gasteiger partial charge in [-0.15, -0.1) is 0 Å². The number of carbonyl (C=O) groups is 2. The lowest BCUT2D eigenvalue weighted by Crippen LogP contribution is -2.29. The second-order valence-electron chi connectivity index (χ2n) is 8.45. The number of carboxylic acid groups (broad SMARTS) is 2. The largest absolute Gasteiger partial charge is 0.478 e. The van der Waals surface area contributed by atoms with Crippen LogP contribution in [0.1, 0.15) is 49.8 Å². The van der Waals surface area contributed by atoms with E-state index in [1.54, 1.807) is 18.3 Å². The van der Waals surface area contributed by atoms with Gasteiger partial charge in [0.2, 0.25) is 0 Å². The number of thiocarbonyl (C=S) groups is 1. The van der Waals surface area contributed by atoms with E-state index < -0.39 is 18.0 Å². The van der Waals surface area contributed by atoms with E-state index in [-0.39, 0.29) is 17.2 Å². The van der Waals surface area contributed by atoms with Crippen LogP contribution in [-0.4, -0.2) is 32.2 Å². The van der Waals surface area contributed by atoms with E-state index in [4.69, 9.17) is 16.6 Å². The number of hydrogen-bond donors (Lipinski definition) is 3. The molecule has 5 rings (SSSR count). The number of pyridine rings is 1. The number of furan rings is 1. The number of hydrogen-bond acceptors (Lipinski definition) is 5. The van der Waals surface area contributed by atoms with Gasteiger partial charge in [0, 0.05) is 17.4 Å². The average Bonchev–Trinajstić information content (AvgIpc) is 3.49. The van der Waals surface area contributed by atoms with E-state index in [9.17, 15) is 19.8 Å². The minimum atomic E-state index is -1.22. The van der Waals surface area contributed by atoms with Crippen molar-refractivity contribution in [1.82, 2.24) is 10.3 Å². The second-order valence-corrected chi connectivity index (χ2v) is 8.83. The predicted octanol–water partition coefficient (Wildman–Crippen LogP) is 5.22. The predicted molar refractivity (Wildman–Crippen MR) is 137 cm³/mol. The minimum Gasteiger partial charge on any atom is -0.478 e. The molecule has 1 fully saturated rings. The number of benzene rings is 2. The topological polar surface area (TPSA) is 116 Å². The number of aromatic nitrogens is 1. The lowest BCUT2D eigenvalue weighted by Gasteiger charge is -2.26. The number of anilines is 1. The Morgan fingerprint density at radius 3 is 2.36 bits per heavy atom. The number of aryl methyl sites for hydroxylation is 1. The molecule has 0 spiro atoms. The van der Waals surface area contributed by atoms with Gasteiger partial charge in [-0.05, 0) is 79.3 Å². The van der Waals surface area contributed by atoms with E-state index in [1.165, 1.54) is 12.1 Å². The summed E-state index contributed by atoms with van der Waals surface area (Å²) in [6, 6.07) is 20.3. The third-order valence-corrected chi connectivity index (χ3v) is 6.32. The Morgan fingerprint density at radius 2 is 1.72 bits per heavy atom. The molecule has 0 radical (unpaired) electrons. The smallest absolute Gasteiger partial charge is 0.335 e. The first kappa shape index (κ1) is 23.3. The molecule has 3 heterocycles. The lowest BCUT2D eigenvalue weighted by molar-refractivity contribution is 0.0696. The maximum Gasteiger partial charge on any atom is 0.335 e. The molecule has 2 atom stereocenters. The van der Waals surface area contributed by atoms with E-state index in [2.05, 4.69) is 10.3 Å². The van der Waals surface area contributed by atoms with Crippen LogP contribution in [0.2, 0.25) is 0 Å². The van der Waals surface area contributed by atoms with Gasteiger partial charge < -0.3 is 24.8 Å². The summed E-state index contributed by atoms with van der Waals surface area (Å²) < 4.78 is 6.25. The van der Waals surface area contributed by atoms with Gasteiger partial charge in [-0.2, -0.15) is 0 Å². The first-order chi connectivity index (χ1) is 17.3. The third kappa shape index (κ3) is 4.32. The zero-order valence-electron chi connectivity index (χ0n) is 19.1. The van der Waals surface area contributed by atoms with Crippen molar-refractivity contribution in [3.63, 3.8) is 0 Å². The average molecular weight is 500 g/mol. The summed E-state index contributed by atoms with van der Waals surface area (Å²) in [5, 5.41) is 22.8. The van der Waals surface area contributed by atoms with Crippen LogP contribution in [0.4, 0.5) is 5.69 Å². The van der Waals surface area contributed by atoms with E-state index in [0.717, 1.165) is 23.0 Å². The van der Waals surface area contributed by atoms with Crippen LogP contribution in [0.25, 0.3) is 11.3 Å². The summed E-state index contributed by atoms with van der Waals surface area (Å²) >= 11 is 5.73. The van der Waals surface area contributed by atoms with Crippen LogP contribution in [0, 0.1) is 6.92 Å². The highest BCUT2D eigenvalue weighted by Gasteiger charge is 2.42. The summed E-state index contributed by atoms with van der Waals surface area (Å²) in [7, 11) is 0. The van der Waals surface area contributed by atoms with Crippen molar-refractivity contribution in [2.75, 3.05) is 4.90 Å². The molecule has 1 saturated heterocycles. The summed E-state index contributed by atoms with van der Waals surface area (Å²) in [4.78, 5) is 29.6. The van der Waals surface area contributed by atoms with Gasteiger partial charge in [0.15, 0.2) is 5.11 Å². The highest BCUT2D eigenvalue weighted by atomic mass is 32.1. The first-order valence-corrected chi connectivity index (χ1v) is 11.5. The number of nitrogens with one attached hydrogen (secondary N) is 1. The molecule has 2 aromatic heterocycles. The van der Waals surface area contributed by atoms with Crippen LogP contribution in [-0.2, 0) is 0 Å². The molecule has 3 N–H and O–H groups in total. The van der Waals surface area contributed by atoms with Gasteiger partial charge in [-0.3, -0.25) is 4.98 Å². The zero-order chi connectivity index (χ0) is 25.4. The number of nitrogens with zero attached hydrogens (tertiary/aromatic N) is 2. The molecule has 180 valence electrons. The molecular formula is C27H21N3O5S. The van der Waals surface area contributed by atoms with Gasteiger partial charge in [-0.25, -0.2) is 9.59 Å². The van der Waals surface area contributed by atoms with E-state index >= 15 is 0 Å². The van der Waals surface area contributed by atoms with Gasteiger partial charge >= 0.3 is 11.9 Å². The maximum absolute atomic E-state index is 11.6. The third-order valence-electron chi connectivity index (χ3n) is 6.01. The molecule has 0 saturated carbocycles. The Labute approximate surface area is 211 Å². The molecule has 0 unspecified atom stereocenters. The maximum atomic E-state index is 11.6. The van der Waals surface area contributed by atoms with Crippen molar-refractivity contribution in [1.29, 1.82) is 0 Å². The molecule has 8 nitrogen and oxygen atoms in total. The fourth-order valence-electron chi connectivity index (χ4n) is 4.38. The SMILES string of the molecule is Cc1cccc(N2C(=S)N[C@H](c3ccccn3)[C@H]2c2ccc(-c3cc(C(=O)O)cc(C(=O)O)c3)o2)c1. The van der Waals surface area contributed by atoms with E-state index in [1.807, 2.05) is 54.3 Å². The number of aromatic carboxylic acids is 2. The molecular weight excluding hydrogens is 478 g/mol. The highest BCUT2D eigenvalue weighted by molar-refractivity contribution is 7.80. The van der Waals surface area contributed by atoms with Gasteiger partial charge in [-0.1, -0.05) is 18.2 Å². The Morgan fingerprint density at radius 1 is 0.972 bits per heavy atom. The Kier molecular flexibility index (Phi) is 5.99.